The van der Waals surface area contributed by atoms with Crippen molar-refractivity contribution < 1.29 is 4.79 Å². The number of amides is 1. The van der Waals surface area contributed by atoms with Gasteiger partial charge in [-0.1, -0.05) is 66.7 Å². The molecule has 1 aromatic heterocycles. The second kappa shape index (κ2) is 9.18. The molecule has 0 N–H and O–H groups in total. The summed E-state index contributed by atoms with van der Waals surface area (Å²) >= 11 is 1.71. The maximum atomic E-state index is 13.1. The Hall–Kier alpha value is -3.05. The number of nitrogens with zero attached hydrogens (tertiary/aromatic N) is 3. The molecule has 0 saturated heterocycles. The lowest BCUT2D eigenvalue weighted by Crippen LogP contribution is -2.30. The topological polar surface area (TPSA) is 38.1 Å². The Kier molecular flexibility index (Phi) is 6.19. The number of likely N-dealkylation sites (N-methyl/N-ethyl adjacent to an activating group) is 1. The number of thioether (sulfide) groups is 1. The summed E-state index contributed by atoms with van der Waals surface area (Å²) in [6.45, 7) is 0.856. The summed E-state index contributed by atoms with van der Waals surface area (Å²) in [7, 11) is 1.87. The zero-order valence-corrected chi connectivity index (χ0v) is 18.1. The van der Waals surface area contributed by atoms with E-state index in [1.165, 1.54) is 0 Å². The van der Waals surface area contributed by atoms with Crippen molar-refractivity contribution in [3.63, 3.8) is 0 Å². The van der Waals surface area contributed by atoms with Gasteiger partial charge in [0.25, 0.3) is 0 Å². The molecule has 1 amide bonds. The van der Waals surface area contributed by atoms with E-state index in [4.69, 9.17) is 4.98 Å². The standard InChI is InChI=1S/C25H25N3OS/c1-27(16-20-12-6-7-13-21(20)19-10-4-3-5-11-19)25(29)17-28-23-15-9-8-14-22(23)26-24(28)18-30-2/h3-15H,16-18H2,1-2H3. The van der Waals surface area contributed by atoms with E-state index >= 15 is 0 Å². The quantitative estimate of drug-likeness (QED) is 0.415. The predicted molar refractivity (Wildman–Crippen MR) is 125 cm³/mol. The smallest absolute Gasteiger partial charge is 0.242 e. The first kappa shape index (κ1) is 20.2. The van der Waals surface area contributed by atoms with Crippen molar-refractivity contribution in [2.24, 2.45) is 0 Å². The highest BCUT2D eigenvalue weighted by atomic mass is 32.2. The van der Waals surface area contributed by atoms with Gasteiger partial charge in [-0.05, 0) is 35.1 Å². The summed E-state index contributed by atoms with van der Waals surface area (Å²) in [5, 5.41) is 0. The number of benzene rings is 3. The summed E-state index contributed by atoms with van der Waals surface area (Å²) in [5.41, 5.74) is 5.41. The number of para-hydroxylation sites is 2. The van der Waals surface area contributed by atoms with Gasteiger partial charge < -0.3 is 9.47 Å². The molecule has 0 radical (unpaired) electrons. The van der Waals surface area contributed by atoms with Crippen LogP contribution in [0.3, 0.4) is 0 Å². The molecule has 0 fully saturated rings. The average molecular weight is 416 g/mol. The number of fused-ring (bicyclic) bond motifs is 1. The Morgan fingerprint density at radius 2 is 1.67 bits per heavy atom. The van der Waals surface area contributed by atoms with Gasteiger partial charge in [0, 0.05) is 13.6 Å². The minimum absolute atomic E-state index is 0.0726. The number of carbonyl (C=O) groups excluding carboxylic acids is 1. The number of aromatic nitrogens is 2. The third-order valence-electron chi connectivity index (χ3n) is 5.24. The van der Waals surface area contributed by atoms with Gasteiger partial charge in [0.1, 0.15) is 12.4 Å². The SMILES string of the molecule is CSCc1nc2ccccc2n1CC(=O)N(C)Cc1ccccc1-c1ccccc1. The molecule has 3 aromatic carbocycles. The minimum Gasteiger partial charge on any atom is -0.340 e. The molecule has 1 heterocycles. The summed E-state index contributed by atoms with van der Waals surface area (Å²) < 4.78 is 2.05. The predicted octanol–water partition coefficient (Wildman–Crippen LogP) is 5.22. The normalized spacial score (nSPS) is 11.0. The number of imidazole rings is 1. The highest BCUT2D eigenvalue weighted by molar-refractivity contribution is 7.97. The van der Waals surface area contributed by atoms with Crippen molar-refractivity contribution in [2.45, 2.75) is 18.8 Å². The maximum Gasteiger partial charge on any atom is 0.242 e. The second-order valence-electron chi connectivity index (χ2n) is 7.31. The molecule has 0 saturated carbocycles. The monoisotopic (exact) mass is 415 g/mol. The fourth-order valence-corrected chi connectivity index (χ4v) is 4.18. The number of hydrogen-bond acceptors (Lipinski definition) is 3. The van der Waals surface area contributed by atoms with Gasteiger partial charge in [-0.3, -0.25) is 4.79 Å². The molecule has 4 rings (SSSR count). The van der Waals surface area contributed by atoms with Crippen LogP contribution in [0.25, 0.3) is 22.2 Å². The summed E-state index contributed by atoms with van der Waals surface area (Å²) in [5.74, 6) is 1.79. The van der Waals surface area contributed by atoms with Crippen LogP contribution in [0.2, 0.25) is 0 Å². The van der Waals surface area contributed by atoms with E-state index < -0.39 is 0 Å². The molecule has 30 heavy (non-hydrogen) atoms. The van der Waals surface area contributed by atoms with Crippen LogP contribution in [-0.2, 0) is 23.6 Å². The second-order valence-corrected chi connectivity index (χ2v) is 8.17. The van der Waals surface area contributed by atoms with E-state index in [2.05, 4.69) is 30.5 Å². The third-order valence-corrected chi connectivity index (χ3v) is 5.78. The lowest BCUT2D eigenvalue weighted by atomic mass is 9.99. The molecular weight excluding hydrogens is 390 g/mol. The first-order valence-corrected chi connectivity index (χ1v) is 11.4. The number of rotatable bonds is 7. The van der Waals surface area contributed by atoms with Crippen LogP contribution in [0.1, 0.15) is 11.4 Å². The molecule has 0 aliphatic heterocycles. The third kappa shape index (κ3) is 4.26. The lowest BCUT2D eigenvalue weighted by Gasteiger charge is -2.20. The van der Waals surface area contributed by atoms with Crippen LogP contribution < -0.4 is 0 Å². The molecule has 0 unspecified atom stereocenters. The lowest BCUT2D eigenvalue weighted by molar-refractivity contribution is -0.131. The van der Waals surface area contributed by atoms with Crippen LogP contribution in [0.4, 0.5) is 0 Å². The largest absolute Gasteiger partial charge is 0.340 e. The van der Waals surface area contributed by atoms with E-state index in [1.54, 1.807) is 16.7 Å². The van der Waals surface area contributed by atoms with Crippen molar-refractivity contribution in [2.75, 3.05) is 13.3 Å². The number of hydrogen-bond donors (Lipinski definition) is 0. The van der Waals surface area contributed by atoms with Crippen LogP contribution in [0.15, 0.2) is 78.9 Å². The van der Waals surface area contributed by atoms with Gasteiger partial charge in [-0.15, -0.1) is 0 Å². The average Bonchev–Trinajstić information content (AvgIpc) is 3.12. The Balaban J connectivity index is 1.56. The van der Waals surface area contributed by atoms with Crippen LogP contribution in [0, 0.1) is 0 Å². The maximum absolute atomic E-state index is 13.1. The van der Waals surface area contributed by atoms with Crippen molar-refractivity contribution in [3.05, 3.63) is 90.3 Å². The van der Waals surface area contributed by atoms with E-state index in [1.807, 2.05) is 66.2 Å². The van der Waals surface area contributed by atoms with Gasteiger partial charge in [-0.25, -0.2) is 4.98 Å². The molecule has 152 valence electrons. The fraction of sp³-hybridized carbons (Fsp3) is 0.200. The van der Waals surface area contributed by atoms with Gasteiger partial charge in [0.2, 0.25) is 5.91 Å². The summed E-state index contributed by atoms with van der Waals surface area (Å²) in [4.78, 5) is 19.7. The minimum atomic E-state index is 0.0726. The summed E-state index contributed by atoms with van der Waals surface area (Å²) in [6.07, 6.45) is 2.05. The molecule has 4 nitrogen and oxygen atoms in total. The van der Waals surface area contributed by atoms with E-state index in [0.717, 1.165) is 39.3 Å². The molecular formula is C25H25N3OS. The van der Waals surface area contributed by atoms with Crippen molar-refractivity contribution >= 4 is 28.7 Å². The number of carbonyl (C=O) groups is 1. The van der Waals surface area contributed by atoms with Gasteiger partial charge in [0.05, 0.1) is 16.8 Å². The molecule has 4 aromatic rings. The van der Waals surface area contributed by atoms with Crippen molar-refractivity contribution in [3.8, 4) is 11.1 Å². The fourth-order valence-electron chi connectivity index (χ4n) is 3.70. The highest BCUT2D eigenvalue weighted by Gasteiger charge is 2.17. The first-order valence-electron chi connectivity index (χ1n) is 9.97. The highest BCUT2D eigenvalue weighted by Crippen LogP contribution is 2.25. The Labute approximate surface area is 181 Å². The molecule has 0 bridgehead atoms. The van der Waals surface area contributed by atoms with E-state index in [9.17, 15) is 4.79 Å². The Morgan fingerprint density at radius 1 is 0.967 bits per heavy atom. The van der Waals surface area contributed by atoms with Crippen LogP contribution >= 0.6 is 11.8 Å². The van der Waals surface area contributed by atoms with E-state index in [0.29, 0.717) is 13.1 Å². The summed E-state index contributed by atoms with van der Waals surface area (Å²) in [6, 6.07) is 26.6. The van der Waals surface area contributed by atoms with Gasteiger partial charge in [-0.2, -0.15) is 11.8 Å². The molecule has 0 spiro atoms. The Morgan fingerprint density at radius 3 is 2.47 bits per heavy atom. The van der Waals surface area contributed by atoms with Crippen LogP contribution in [0.5, 0.6) is 0 Å². The molecule has 0 aliphatic rings. The van der Waals surface area contributed by atoms with Crippen LogP contribution in [-0.4, -0.2) is 33.7 Å². The molecule has 0 aliphatic carbocycles. The zero-order valence-electron chi connectivity index (χ0n) is 17.3. The van der Waals surface area contributed by atoms with Gasteiger partial charge >= 0.3 is 0 Å². The Bertz CT molecular complexity index is 1150. The molecule has 0 atom stereocenters. The van der Waals surface area contributed by atoms with E-state index in [-0.39, 0.29) is 5.91 Å². The molecule has 5 heteroatoms. The van der Waals surface area contributed by atoms with Crippen molar-refractivity contribution in [1.29, 1.82) is 0 Å². The van der Waals surface area contributed by atoms with Crippen molar-refractivity contribution in [1.82, 2.24) is 14.5 Å². The van der Waals surface area contributed by atoms with Gasteiger partial charge in [0.15, 0.2) is 0 Å². The zero-order chi connectivity index (χ0) is 20.9. The first-order chi connectivity index (χ1) is 14.7.